The highest BCUT2D eigenvalue weighted by atomic mass is 16.5. The minimum atomic E-state index is -0.0969. The van der Waals surface area contributed by atoms with Gasteiger partial charge in [0.25, 0.3) is 0 Å². The first-order chi connectivity index (χ1) is 21.2. The molecule has 6 aromatic rings. The molecular weight excluding hydrogens is 546 g/mol. The Balaban J connectivity index is 1.05. The van der Waals surface area contributed by atoms with Gasteiger partial charge in [-0.1, -0.05) is 6.07 Å². The van der Waals surface area contributed by atoms with Crippen LogP contribution in [0.2, 0.25) is 0 Å². The van der Waals surface area contributed by atoms with E-state index in [4.69, 9.17) is 19.7 Å². The van der Waals surface area contributed by atoms with Crippen molar-refractivity contribution in [1.29, 1.82) is 0 Å². The number of nitrogens with one attached hydrogen (secondary N) is 3. The predicted molar refractivity (Wildman–Crippen MR) is 176 cm³/mol. The molecule has 4 aromatic heterocycles. The number of hydrogen-bond donors (Lipinski definition) is 3. The number of hydrogen-bond acceptors (Lipinski definition) is 7. The third-order valence-corrected chi connectivity index (χ3v) is 9.11. The lowest BCUT2D eigenvalue weighted by Crippen LogP contribution is -2.37. The molecule has 2 aliphatic rings. The molecule has 8 nitrogen and oxygen atoms in total. The molecule has 220 valence electrons. The minimum absolute atomic E-state index is 0.0969. The molecule has 1 aliphatic carbocycles. The summed E-state index contributed by atoms with van der Waals surface area (Å²) in [7, 11) is 0. The van der Waals surface area contributed by atoms with Gasteiger partial charge in [-0.2, -0.15) is 0 Å². The number of fused-ring (bicyclic) bond motifs is 3. The summed E-state index contributed by atoms with van der Waals surface area (Å²) in [6, 6.07) is 23.1. The Kier molecular flexibility index (Phi) is 6.00. The van der Waals surface area contributed by atoms with Crippen LogP contribution in [0.25, 0.3) is 33.5 Å². The Morgan fingerprint density at radius 1 is 0.818 bits per heavy atom. The SMILES string of the molecule is Cc1cc(Nc2ccc3nc(-c4ccc(Nc5cc(C)nc6ccc([C@]78C[C@H]7COC(C)(C)C8)cc56)cn4)[nH]c3c2)ccn1. The summed E-state index contributed by atoms with van der Waals surface area (Å²) in [5.74, 6) is 1.34. The van der Waals surface area contributed by atoms with E-state index in [1.165, 1.54) is 12.0 Å². The molecule has 44 heavy (non-hydrogen) atoms. The molecule has 0 unspecified atom stereocenters. The number of ether oxygens (including phenoxy) is 1. The summed E-state index contributed by atoms with van der Waals surface area (Å²) < 4.78 is 6.12. The van der Waals surface area contributed by atoms with E-state index < -0.39 is 0 Å². The second kappa shape index (κ2) is 9.86. The average molecular weight is 582 g/mol. The van der Waals surface area contributed by atoms with Crippen molar-refractivity contribution < 1.29 is 4.74 Å². The van der Waals surface area contributed by atoms with Gasteiger partial charge in [0.15, 0.2) is 5.82 Å². The number of pyridine rings is 3. The van der Waals surface area contributed by atoms with E-state index in [0.29, 0.717) is 5.92 Å². The second-order valence-corrected chi connectivity index (χ2v) is 13.0. The van der Waals surface area contributed by atoms with Gasteiger partial charge in [-0.25, -0.2) is 4.98 Å². The molecule has 1 saturated heterocycles. The Hall–Kier alpha value is -4.82. The van der Waals surface area contributed by atoms with Gasteiger partial charge in [0.05, 0.1) is 40.6 Å². The van der Waals surface area contributed by atoms with Crippen molar-refractivity contribution in [2.75, 3.05) is 17.2 Å². The number of H-pyrrole nitrogens is 1. The predicted octanol–water partition coefficient (Wildman–Crippen LogP) is 8.13. The summed E-state index contributed by atoms with van der Waals surface area (Å²) in [5, 5.41) is 8.20. The van der Waals surface area contributed by atoms with Crippen molar-refractivity contribution in [3.63, 3.8) is 0 Å². The topological polar surface area (TPSA) is 101 Å². The van der Waals surface area contributed by atoms with Crippen LogP contribution in [0.4, 0.5) is 22.7 Å². The Labute approximate surface area is 256 Å². The number of rotatable bonds is 6. The first kappa shape index (κ1) is 26.8. The fraction of sp³-hybridized carbons (Fsp3) is 0.278. The quantitative estimate of drug-likeness (QED) is 0.183. The van der Waals surface area contributed by atoms with E-state index >= 15 is 0 Å². The molecule has 5 heterocycles. The van der Waals surface area contributed by atoms with Crippen LogP contribution >= 0.6 is 0 Å². The van der Waals surface area contributed by atoms with Crippen molar-refractivity contribution in [1.82, 2.24) is 24.9 Å². The number of anilines is 4. The fourth-order valence-electron chi connectivity index (χ4n) is 6.94. The maximum atomic E-state index is 6.12. The molecule has 2 atom stereocenters. The fourth-order valence-corrected chi connectivity index (χ4v) is 6.94. The molecule has 8 rings (SSSR count). The Bertz CT molecular complexity index is 2050. The van der Waals surface area contributed by atoms with E-state index in [1.54, 1.807) is 6.20 Å². The molecule has 2 aromatic carbocycles. The average Bonchev–Trinajstić information content (AvgIpc) is 3.56. The highest BCUT2D eigenvalue weighted by Gasteiger charge is 2.60. The molecule has 1 saturated carbocycles. The van der Waals surface area contributed by atoms with E-state index in [1.807, 2.05) is 50.4 Å². The minimum Gasteiger partial charge on any atom is -0.375 e. The van der Waals surface area contributed by atoms with Gasteiger partial charge in [-0.05, 0) is 113 Å². The van der Waals surface area contributed by atoms with Gasteiger partial charge in [-0.3, -0.25) is 15.0 Å². The second-order valence-electron chi connectivity index (χ2n) is 13.0. The van der Waals surface area contributed by atoms with Gasteiger partial charge < -0.3 is 20.4 Å². The van der Waals surface area contributed by atoms with E-state index in [2.05, 4.69) is 70.8 Å². The molecule has 0 radical (unpaired) electrons. The van der Waals surface area contributed by atoms with Gasteiger partial charge in [0, 0.05) is 45.4 Å². The number of aromatic nitrogens is 5. The van der Waals surface area contributed by atoms with Crippen molar-refractivity contribution >= 4 is 44.7 Å². The highest BCUT2D eigenvalue weighted by molar-refractivity contribution is 5.94. The largest absolute Gasteiger partial charge is 0.375 e. The van der Waals surface area contributed by atoms with Gasteiger partial charge in [0.2, 0.25) is 0 Å². The number of benzene rings is 2. The third-order valence-electron chi connectivity index (χ3n) is 9.11. The monoisotopic (exact) mass is 581 g/mol. The summed E-state index contributed by atoms with van der Waals surface area (Å²) in [6.07, 6.45) is 5.91. The molecule has 1 aliphatic heterocycles. The molecule has 3 N–H and O–H groups in total. The number of imidazole rings is 1. The summed E-state index contributed by atoms with van der Waals surface area (Å²) in [6.45, 7) is 9.29. The summed E-state index contributed by atoms with van der Waals surface area (Å²) in [4.78, 5) is 22.1. The molecule has 8 heteroatoms. The molecule has 0 bridgehead atoms. The van der Waals surface area contributed by atoms with E-state index in [0.717, 1.165) is 80.6 Å². The van der Waals surface area contributed by atoms with Crippen LogP contribution in [0.1, 0.15) is 43.6 Å². The van der Waals surface area contributed by atoms with Crippen LogP contribution in [0.5, 0.6) is 0 Å². The Morgan fingerprint density at radius 3 is 2.50 bits per heavy atom. The standard InChI is InChI=1S/C36H35N7O/c1-21-13-26(11-12-37-21)40-25-6-9-30-33(16-25)43-34(42-30)31-10-7-27(18-38-31)41-32-14-22(2)39-29-8-5-23(15-28(29)32)36-17-24(36)19-44-35(3,4)20-36/h5-16,18,24H,17,19-20H2,1-4H3,(H,37,40)(H,39,41)(H,42,43)/t24-,36+/m0/s1. The van der Waals surface area contributed by atoms with Gasteiger partial charge >= 0.3 is 0 Å². The first-order valence-corrected chi connectivity index (χ1v) is 15.2. The smallest absolute Gasteiger partial charge is 0.157 e. The lowest BCUT2D eigenvalue weighted by molar-refractivity contribution is -0.0624. The lowest BCUT2D eigenvalue weighted by Gasteiger charge is -2.36. The molecule has 2 fully saturated rings. The maximum absolute atomic E-state index is 6.12. The molecular formula is C36H35N7O. The van der Waals surface area contributed by atoms with Crippen LogP contribution in [0.15, 0.2) is 79.1 Å². The maximum Gasteiger partial charge on any atom is 0.157 e. The van der Waals surface area contributed by atoms with Crippen LogP contribution in [-0.2, 0) is 10.2 Å². The van der Waals surface area contributed by atoms with Crippen molar-refractivity contribution in [3.8, 4) is 11.5 Å². The Morgan fingerprint density at radius 2 is 1.66 bits per heavy atom. The van der Waals surface area contributed by atoms with Crippen molar-refractivity contribution in [3.05, 3.63) is 96.1 Å². The van der Waals surface area contributed by atoms with Crippen molar-refractivity contribution in [2.24, 2.45) is 5.92 Å². The zero-order chi connectivity index (χ0) is 30.1. The van der Waals surface area contributed by atoms with Crippen LogP contribution in [0, 0.1) is 19.8 Å². The van der Waals surface area contributed by atoms with Crippen LogP contribution < -0.4 is 10.6 Å². The number of aryl methyl sites for hydroxylation is 2. The zero-order valence-electron chi connectivity index (χ0n) is 25.4. The first-order valence-electron chi connectivity index (χ1n) is 15.2. The number of aromatic amines is 1. The summed E-state index contributed by atoms with van der Waals surface area (Å²) in [5.41, 5.74) is 11.0. The lowest BCUT2D eigenvalue weighted by atomic mass is 9.81. The molecule has 0 amide bonds. The molecule has 0 spiro atoms. The van der Waals surface area contributed by atoms with Crippen LogP contribution in [-0.4, -0.2) is 37.1 Å². The van der Waals surface area contributed by atoms with Crippen LogP contribution in [0.3, 0.4) is 0 Å². The number of nitrogens with zero attached hydrogens (tertiary/aromatic N) is 4. The normalized spacial score (nSPS) is 20.4. The third kappa shape index (κ3) is 4.85. The summed E-state index contributed by atoms with van der Waals surface area (Å²) >= 11 is 0. The van der Waals surface area contributed by atoms with E-state index in [9.17, 15) is 0 Å². The zero-order valence-corrected chi connectivity index (χ0v) is 25.4. The van der Waals surface area contributed by atoms with Gasteiger partial charge in [0.1, 0.15) is 5.69 Å². The highest BCUT2D eigenvalue weighted by Crippen LogP contribution is 2.62. The van der Waals surface area contributed by atoms with E-state index in [-0.39, 0.29) is 11.0 Å². The van der Waals surface area contributed by atoms with Crippen molar-refractivity contribution in [2.45, 2.75) is 51.6 Å². The van der Waals surface area contributed by atoms with Gasteiger partial charge in [-0.15, -0.1) is 0 Å².